The molecule has 2 rings (SSSR count). The van der Waals surface area contributed by atoms with Crippen molar-refractivity contribution in [3.05, 3.63) is 29.7 Å². The second kappa shape index (κ2) is 4.35. The standard InChI is InChI=1S/C12H13NO3/c1-3-5-10-13-9-7-4-6-8(11(9)16-10)12(14)15-2/h4,6-7H,3,5H2,1-2H3. The molecule has 1 aromatic heterocycles. The Morgan fingerprint density at radius 1 is 1.50 bits per heavy atom. The number of carbonyl (C=O) groups excluding carboxylic acids is 1. The van der Waals surface area contributed by atoms with Gasteiger partial charge in [-0.05, 0) is 18.6 Å². The first-order chi connectivity index (χ1) is 7.76. The van der Waals surface area contributed by atoms with Crippen molar-refractivity contribution in [3.63, 3.8) is 0 Å². The zero-order chi connectivity index (χ0) is 11.5. The van der Waals surface area contributed by atoms with Crippen molar-refractivity contribution in [2.24, 2.45) is 0 Å². The quantitative estimate of drug-likeness (QED) is 0.744. The summed E-state index contributed by atoms with van der Waals surface area (Å²) in [7, 11) is 1.35. The van der Waals surface area contributed by atoms with Crippen molar-refractivity contribution in [1.29, 1.82) is 0 Å². The summed E-state index contributed by atoms with van der Waals surface area (Å²) in [5, 5.41) is 0. The number of nitrogens with zero attached hydrogens (tertiary/aromatic N) is 1. The van der Waals surface area contributed by atoms with E-state index in [1.165, 1.54) is 7.11 Å². The van der Waals surface area contributed by atoms with Gasteiger partial charge in [0.15, 0.2) is 11.5 Å². The molecule has 0 saturated carbocycles. The van der Waals surface area contributed by atoms with Crippen LogP contribution < -0.4 is 0 Å². The second-order valence-electron chi connectivity index (χ2n) is 3.50. The van der Waals surface area contributed by atoms with Crippen LogP contribution in [0.25, 0.3) is 11.1 Å². The smallest absolute Gasteiger partial charge is 0.341 e. The summed E-state index contributed by atoms with van der Waals surface area (Å²) in [6.45, 7) is 2.05. The number of rotatable bonds is 3. The zero-order valence-electron chi connectivity index (χ0n) is 9.32. The van der Waals surface area contributed by atoms with Crippen LogP contribution in [-0.2, 0) is 11.2 Å². The Bertz CT molecular complexity index is 516. The summed E-state index contributed by atoms with van der Waals surface area (Å²) in [4.78, 5) is 15.8. The zero-order valence-corrected chi connectivity index (χ0v) is 9.32. The Hall–Kier alpha value is -1.84. The lowest BCUT2D eigenvalue weighted by atomic mass is 10.2. The molecule has 16 heavy (non-hydrogen) atoms. The highest BCUT2D eigenvalue weighted by atomic mass is 16.5. The second-order valence-corrected chi connectivity index (χ2v) is 3.50. The van der Waals surface area contributed by atoms with Crippen LogP contribution in [0.4, 0.5) is 0 Å². The van der Waals surface area contributed by atoms with Crippen molar-refractivity contribution >= 4 is 17.1 Å². The highest BCUT2D eigenvalue weighted by Gasteiger charge is 2.15. The number of aryl methyl sites for hydroxylation is 1. The third-order valence-corrected chi connectivity index (χ3v) is 2.33. The largest absolute Gasteiger partial charge is 0.465 e. The third-order valence-electron chi connectivity index (χ3n) is 2.33. The van der Waals surface area contributed by atoms with Gasteiger partial charge < -0.3 is 9.15 Å². The van der Waals surface area contributed by atoms with Gasteiger partial charge in [-0.1, -0.05) is 13.0 Å². The molecule has 0 aliphatic carbocycles. The topological polar surface area (TPSA) is 52.3 Å². The van der Waals surface area contributed by atoms with Crippen molar-refractivity contribution in [2.75, 3.05) is 7.11 Å². The van der Waals surface area contributed by atoms with Crippen LogP contribution in [0.15, 0.2) is 22.6 Å². The van der Waals surface area contributed by atoms with Gasteiger partial charge in [0.2, 0.25) is 0 Å². The van der Waals surface area contributed by atoms with E-state index in [0.29, 0.717) is 22.6 Å². The number of benzene rings is 1. The van der Waals surface area contributed by atoms with Gasteiger partial charge in [-0.25, -0.2) is 9.78 Å². The molecule has 0 atom stereocenters. The Balaban J connectivity index is 2.54. The molecule has 0 radical (unpaired) electrons. The van der Waals surface area contributed by atoms with Gasteiger partial charge in [0, 0.05) is 6.42 Å². The molecule has 0 aliphatic rings. The van der Waals surface area contributed by atoms with Crippen LogP contribution >= 0.6 is 0 Å². The summed E-state index contributed by atoms with van der Waals surface area (Å²) >= 11 is 0. The van der Waals surface area contributed by atoms with E-state index in [-0.39, 0.29) is 0 Å². The summed E-state index contributed by atoms with van der Waals surface area (Å²) in [5.41, 5.74) is 1.64. The maximum Gasteiger partial charge on any atom is 0.341 e. The molecule has 0 fully saturated rings. The molecule has 1 heterocycles. The Labute approximate surface area is 93.2 Å². The average molecular weight is 219 g/mol. The fraction of sp³-hybridized carbons (Fsp3) is 0.333. The predicted octanol–water partition coefficient (Wildman–Crippen LogP) is 2.57. The van der Waals surface area contributed by atoms with Gasteiger partial charge in [0.1, 0.15) is 11.1 Å². The molecule has 0 aliphatic heterocycles. The minimum absolute atomic E-state index is 0.398. The lowest BCUT2D eigenvalue weighted by molar-refractivity contribution is 0.0601. The third kappa shape index (κ3) is 1.78. The van der Waals surface area contributed by atoms with Crippen LogP contribution in [0, 0.1) is 0 Å². The summed E-state index contributed by atoms with van der Waals surface area (Å²) < 4.78 is 10.2. The first-order valence-corrected chi connectivity index (χ1v) is 5.23. The summed E-state index contributed by atoms with van der Waals surface area (Å²) in [6, 6.07) is 5.27. The van der Waals surface area contributed by atoms with Crippen LogP contribution in [0.1, 0.15) is 29.6 Å². The van der Waals surface area contributed by atoms with Crippen molar-refractivity contribution in [1.82, 2.24) is 4.98 Å². The van der Waals surface area contributed by atoms with E-state index in [0.717, 1.165) is 12.8 Å². The first kappa shape index (κ1) is 10.7. The monoisotopic (exact) mass is 219 g/mol. The fourth-order valence-electron chi connectivity index (χ4n) is 1.59. The SMILES string of the molecule is CCCc1nc2cccc(C(=O)OC)c2o1. The van der Waals surface area contributed by atoms with E-state index in [1.54, 1.807) is 12.1 Å². The first-order valence-electron chi connectivity index (χ1n) is 5.23. The van der Waals surface area contributed by atoms with E-state index in [9.17, 15) is 4.79 Å². The molecule has 0 amide bonds. The highest BCUT2D eigenvalue weighted by molar-refractivity contribution is 6.00. The number of carbonyl (C=O) groups is 1. The number of methoxy groups -OCH3 is 1. The molecular formula is C12H13NO3. The number of fused-ring (bicyclic) bond motifs is 1. The minimum Gasteiger partial charge on any atom is -0.465 e. The molecule has 0 bridgehead atoms. The Morgan fingerprint density at radius 3 is 3.00 bits per heavy atom. The lowest BCUT2D eigenvalue weighted by Gasteiger charge is -1.97. The fourth-order valence-corrected chi connectivity index (χ4v) is 1.59. The number of esters is 1. The molecular weight excluding hydrogens is 206 g/mol. The van der Waals surface area contributed by atoms with Gasteiger partial charge in [-0.2, -0.15) is 0 Å². The van der Waals surface area contributed by atoms with E-state index in [1.807, 2.05) is 6.07 Å². The molecule has 2 aromatic rings. The number of aromatic nitrogens is 1. The highest BCUT2D eigenvalue weighted by Crippen LogP contribution is 2.21. The number of hydrogen-bond acceptors (Lipinski definition) is 4. The molecule has 4 heteroatoms. The number of ether oxygens (including phenoxy) is 1. The van der Waals surface area contributed by atoms with Crippen LogP contribution in [0.2, 0.25) is 0 Å². The van der Waals surface area contributed by atoms with E-state index >= 15 is 0 Å². The van der Waals surface area contributed by atoms with Crippen LogP contribution in [-0.4, -0.2) is 18.1 Å². The van der Waals surface area contributed by atoms with E-state index in [4.69, 9.17) is 4.42 Å². The molecule has 4 nitrogen and oxygen atoms in total. The van der Waals surface area contributed by atoms with Gasteiger partial charge in [-0.3, -0.25) is 0 Å². The van der Waals surface area contributed by atoms with Crippen molar-refractivity contribution in [3.8, 4) is 0 Å². The van der Waals surface area contributed by atoms with Crippen LogP contribution in [0.5, 0.6) is 0 Å². The molecule has 84 valence electrons. The van der Waals surface area contributed by atoms with E-state index < -0.39 is 5.97 Å². The van der Waals surface area contributed by atoms with E-state index in [2.05, 4.69) is 16.6 Å². The van der Waals surface area contributed by atoms with Crippen molar-refractivity contribution < 1.29 is 13.9 Å². The molecule has 0 saturated heterocycles. The lowest BCUT2D eigenvalue weighted by Crippen LogP contribution is -2.00. The summed E-state index contributed by atoms with van der Waals surface area (Å²) in [6.07, 6.45) is 1.73. The van der Waals surface area contributed by atoms with Gasteiger partial charge in [-0.15, -0.1) is 0 Å². The number of hydrogen-bond donors (Lipinski definition) is 0. The average Bonchev–Trinajstić information content (AvgIpc) is 2.70. The molecule has 0 spiro atoms. The van der Waals surface area contributed by atoms with Gasteiger partial charge in [0.25, 0.3) is 0 Å². The molecule has 0 N–H and O–H groups in total. The number of oxazole rings is 1. The molecule has 0 unspecified atom stereocenters. The Morgan fingerprint density at radius 2 is 2.31 bits per heavy atom. The summed E-state index contributed by atoms with van der Waals surface area (Å²) in [5.74, 6) is 0.263. The Kier molecular flexibility index (Phi) is 2.90. The number of para-hydroxylation sites is 1. The normalized spacial score (nSPS) is 10.6. The molecule has 1 aromatic carbocycles. The van der Waals surface area contributed by atoms with Gasteiger partial charge in [0.05, 0.1) is 7.11 Å². The predicted molar refractivity (Wildman–Crippen MR) is 59.3 cm³/mol. The maximum absolute atomic E-state index is 11.5. The van der Waals surface area contributed by atoms with Crippen molar-refractivity contribution in [2.45, 2.75) is 19.8 Å². The van der Waals surface area contributed by atoms with Crippen LogP contribution in [0.3, 0.4) is 0 Å². The maximum atomic E-state index is 11.5. The van der Waals surface area contributed by atoms with Gasteiger partial charge >= 0.3 is 5.97 Å². The minimum atomic E-state index is -0.398.